The molecule has 6 heteroatoms. The number of hydrogen-bond acceptors (Lipinski definition) is 4. The van der Waals surface area contributed by atoms with Gasteiger partial charge in [0.05, 0.1) is 6.04 Å². The zero-order valence-electron chi connectivity index (χ0n) is 9.48. The Morgan fingerprint density at radius 2 is 2.06 bits per heavy atom. The molecule has 0 aliphatic rings. The highest BCUT2D eigenvalue weighted by atomic mass is 35.5. The molecule has 18 heavy (non-hydrogen) atoms. The van der Waals surface area contributed by atoms with Gasteiger partial charge in [-0.2, -0.15) is 0 Å². The van der Waals surface area contributed by atoms with Crippen LogP contribution in [0.1, 0.15) is 17.2 Å². The van der Waals surface area contributed by atoms with Gasteiger partial charge in [-0.05, 0) is 24.1 Å². The minimum absolute atomic E-state index is 0.172. The zero-order chi connectivity index (χ0) is 13.0. The van der Waals surface area contributed by atoms with E-state index in [1.165, 1.54) is 18.5 Å². The Hall–Kier alpha value is -1.56. The maximum atomic E-state index is 12.9. The third kappa shape index (κ3) is 3.01. The summed E-state index contributed by atoms with van der Waals surface area (Å²) in [6.07, 6.45) is 5.33. The average Bonchev–Trinajstić information content (AvgIpc) is 2.39. The molecule has 1 aromatic heterocycles. The van der Waals surface area contributed by atoms with E-state index in [1.807, 2.05) is 0 Å². The third-order valence-electron chi connectivity index (χ3n) is 2.62. The highest BCUT2D eigenvalue weighted by molar-refractivity contribution is 6.31. The maximum Gasteiger partial charge on any atom is 0.124 e. The summed E-state index contributed by atoms with van der Waals surface area (Å²) in [6.45, 7) is 0. The Kier molecular flexibility index (Phi) is 4.19. The number of aromatic nitrogens is 2. The summed E-state index contributed by atoms with van der Waals surface area (Å²) in [5, 5.41) is 0.382. The van der Waals surface area contributed by atoms with E-state index >= 15 is 0 Å². The van der Waals surface area contributed by atoms with Gasteiger partial charge in [0, 0.05) is 23.0 Å². The van der Waals surface area contributed by atoms with Gasteiger partial charge < -0.3 is 0 Å². The molecule has 94 valence electrons. The highest BCUT2D eigenvalue weighted by Crippen LogP contribution is 2.23. The van der Waals surface area contributed by atoms with Crippen LogP contribution in [0.3, 0.4) is 0 Å². The van der Waals surface area contributed by atoms with Crippen LogP contribution in [0.2, 0.25) is 5.02 Å². The molecule has 0 amide bonds. The molecule has 0 fully saturated rings. The van der Waals surface area contributed by atoms with Crippen molar-refractivity contribution in [3.05, 3.63) is 58.9 Å². The van der Waals surface area contributed by atoms with Crippen LogP contribution in [0.25, 0.3) is 0 Å². The third-order valence-corrected chi connectivity index (χ3v) is 2.98. The normalized spacial score (nSPS) is 12.4. The summed E-state index contributed by atoms with van der Waals surface area (Å²) >= 11 is 5.98. The number of rotatable bonds is 4. The number of hydrogen-bond donors (Lipinski definition) is 2. The van der Waals surface area contributed by atoms with Crippen molar-refractivity contribution in [3.63, 3.8) is 0 Å². The molecule has 0 saturated carbocycles. The lowest BCUT2D eigenvalue weighted by Gasteiger charge is -2.16. The van der Waals surface area contributed by atoms with Gasteiger partial charge >= 0.3 is 0 Å². The molecule has 1 unspecified atom stereocenters. The average molecular weight is 267 g/mol. The predicted molar refractivity (Wildman–Crippen MR) is 67.2 cm³/mol. The monoisotopic (exact) mass is 266 g/mol. The highest BCUT2D eigenvalue weighted by Gasteiger charge is 2.13. The van der Waals surface area contributed by atoms with Gasteiger partial charge in [0.2, 0.25) is 0 Å². The molecular formula is C12H12ClFN4. The molecule has 1 atom stereocenters. The van der Waals surface area contributed by atoms with Gasteiger partial charge in [-0.15, -0.1) is 0 Å². The van der Waals surface area contributed by atoms with Crippen LogP contribution in [0.5, 0.6) is 0 Å². The first-order chi connectivity index (χ1) is 8.70. The molecule has 2 aromatic rings. The lowest BCUT2D eigenvalue weighted by atomic mass is 10.0. The molecule has 2 rings (SSSR count). The molecule has 1 heterocycles. The van der Waals surface area contributed by atoms with Gasteiger partial charge in [0.1, 0.15) is 12.1 Å². The van der Waals surface area contributed by atoms with Crippen LogP contribution in [0, 0.1) is 5.82 Å². The van der Waals surface area contributed by atoms with Crippen molar-refractivity contribution in [1.82, 2.24) is 15.4 Å². The molecule has 0 aliphatic heterocycles. The lowest BCUT2D eigenvalue weighted by Crippen LogP contribution is -2.29. The topological polar surface area (TPSA) is 63.8 Å². The smallest absolute Gasteiger partial charge is 0.124 e. The van der Waals surface area contributed by atoms with E-state index < -0.39 is 0 Å². The summed E-state index contributed by atoms with van der Waals surface area (Å²) in [7, 11) is 0. The molecule has 0 radical (unpaired) electrons. The van der Waals surface area contributed by atoms with Crippen molar-refractivity contribution in [3.8, 4) is 0 Å². The lowest BCUT2D eigenvalue weighted by molar-refractivity contribution is 0.547. The molecule has 0 saturated heterocycles. The van der Waals surface area contributed by atoms with Crippen molar-refractivity contribution in [2.45, 2.75) is 12.5 Å². The Morgan fingerprint density at radius 3 is 2.67 bits per heavy atom. The van der Waals surface area contributed by atoms with Crippen LogP contribution in [-0.2, 0) is 6.42 Å². The molecule has 0 spiro atoms. The van der Waals surface area contributed by atoms with Gasteiger partial charge in [-0.3, -0.25) is 11.3 Å². The first-order valence-electron chi connectivity index (χ1n) is 5.35. The van der Waals surface area contributed by atoms with Gasteiger partial charge in [-0.25, -0.2) is 14.4 Å². The zero-order valence-corrected chi connectivity index (χ0v) is 10.2. The largest absolute Gasteiger partial charge is 0.271 e. The van der Waals surface area contributed by atoms with Crippen molar-refractivity contribution in [2.75, 3.05) is 0 Å². The molecule has 1 aromatic carbocycles. The van der Waals surface area contributed by atoms with Crippen molar-refractivity contribution < 1.29 is 4.39 Å². The number of benzene rings is 1. The van der Waals surface area contributed by atoms with Crippen LogP contribution in [0.4, 0.5) is 4.39 Å². The van der Waals surface area contributed by atoms with Crippen molar-refractivity contribution in [1.29, 1.82) is 0 Å². The van der Waals surface area contributed by atoms with Gasteiger partial charge in [-0.1, -0.05) is 17.7 Å². The SMILES string of the molecule is NNC(Cc1ccc(F)cc1Cl)c1cncnc1. The second kappa shape index (κ2) is 5.86. The maximum absolute atomic E-state index is 12.9. The Balaban J connectivity index is 2.21. The number of nitrogens with zero attached hydrogens (tertiary/aromatic N) is 2. The molecular weight excluding hydrogens is 255 g/mol. The van der Waals surface area contributed by atoms with Crippen LogP contribution in [-0.4, -0.2) is 9.97 Å². The Labute approximate surface area is 109 Å². The Bertz CT molecular complexity index is 521. The van der Waals surface area contributed by atoms with Gasteiger partial charge in [0.15, 0.2) is 0 Å². The van der Waals surface area contributed by atoms with Crippen LogP contribution < -0.4 is 11.3 Å². The molecule has 3 N–H and O–H groups in total. The Morgan fingerprint density at radius 1 is 1.33 bits per heavy atom. The first kappa shape index (κ1) is 12.9. The quantitative estimate of drug-likeness (QED) is 0.656. The summed E-state index contributed by atoms with van der Waals surface area (Å²) in [6, 6.07) is 4.13. The molecule has 0 bridgehead atoms. The van der Waals surface area contributed by atoms with Crippen molar-refractivity contribution >= 4 is 11.6 Å². The van der Waals surface area contributed by atoms with E-state index in [0.29, 0.717) is 11.4 Å². The van der Waals surface area contributed by atoms with E-state index in [-0.39, 0.29) is 11.9 Å². The number of nitrogens with two attached hydrogens (primary N) is 1. The minimum Gasteiger partial charge on any atom is -0.271 e. The second-order valence-electron chi connectivity index (χ2n) is 3.83. The minimum atomic E-state index is -0.357. The fourth-order valence-electron chi connectivity index (χ4n) is 1.67. The van der Waals surface area contributed by atoms with E-state index in [4.69, 9.17) is 17.4 Å². The predicted octanol–water partition coefficient (Wildman–Crippen LogP) is 2.02. The molecule has 4 nitrogen and oxygen atoms in total. The van der Waals surface area contributed by atoms with Gasteiger partial charge in [0.25, 0.3) is 0 Å². The van der Waals surface area contributed by atoms with E-state index in [1.54, 1.807) is 18.5 Å². The van der Waals surface area contributed by atoms with Crippen LogP contribution >= 0.6 is 11.6 Å². The summed E-state index contributed by atoms with van der Waals surface area (Å²) in [5.41, 5.74) is 4.33. The number of hydrazine groups is 1. The van der Waals surface area contributed by atoms with E-state index in [9.17, 15) is 4.39 Å². The second-order valence-corrected chi connectivity index (χ2v) is 4.24. The van der Waals surface area contributed by atoms with E-state index in [2.05, 4.69) is 15.4 Å². The van der Waals surface area contributed by atoms with E-state index in [0.717, 1.165) is 11.1 Å². The van der Waals surface area contributed by atoms with Crippen LogP contribution in [0.15, 0.2) is 36.9 Å². The summed E-state index contributed by atoms with van der Waals surface area (Å²) in [4.78, 5) is 7.86. The fraction of sp³-hybridized carbons (Fsp3) is 0.167. The summed E-state index contributed by atoms with van der Waals surface area (Å²) in [5.74, 6) is 5.15. The fourth-order valence-corrected chi connectivity index (χ4v) is 1.92. The molecule has 0 aliphatic carbocycles. The summed E-state index contributed by atoms with van der Waals surface area (Å²) < 4.78 is 12.9. The first-order valence-corrected chi connectivity index (χ1v) is 5.73. The van der Waals surface area contributed by atoms with Crippen molar-refractivity contribution in [2.24, 2.45) is 5.84 Å². The number of nitrogens with one attached hydrogen (secondary N) is 1. The standard InChI is InChI=1S/C12H12ClFN4/c13-11-4-10(14)2-1-8(11)3-12(18-15)9-5-16-7-17-6-9/h1-2,4-7,12,18H,3,15H2. The number of halogens is 2.